The smallest absolute Gasteiger partial charge is 0.372 e. The van der Waals surface area contributed by atoms with E-state index in [4.69, 9.17) is 4.74 Å². The zero-order valence-electron chi connectivity index (χ0n) is 9.29. The Morgan fingerprint density at radius 3 is 2.18 bits per heavy atom. The first kappa shape index (κ1) is 12.6. The highest BCUT2D eigenvalue weighted by Gasteiger charge is 2.43. The van der Waals surface area contributed by atoms with Crippen LogP contribution in [-0.4, -0.2) is 55.4 Å². The van der Waals surface area contributed by atoms with Crippen molar-refractivity contribution in [1.82, 2.24) is 10.2 Å². The number of nitrogens with one attached hydrogen (secondary N) is 1. The third kappa shape index (κ3) is 3.10. The standard InChI is InChI=1S/C10H15F3N2O2/c11-10(12,13)9(16)15-3-1-7(2-4-15)17-8-5-14-6-8/h7-8,14H,1-6H2. The molecule has 0 aromatic rings. The molecule has 98 valence electrons. The molecular formula is C10H15F3N2O2. The van der Waals surface area contributed by atoms with Gasteiger partial charge in [-0.1, -0.05) is 0 Å². The van der Waals surface area contributed by atoms with Crippen molar-refractivity contribution < 1.29 is 22.7 Å². The second kappa shape index (κ2) is 4.81. The van der Waals surface area contributed by atoms with E-state index in [9.17, 15) is 18.0 Å². The lowest BCUT2D eigenvalue weighted by Gasteiger charge is -2.36. The van der Waals surface area contributed by atoms with Gasteiger partial charge in [-0.3, -0.25) is 4.79 Å². The number of piperidine rings is 1. The van der Waals surface area contributed by atoms with Gasteiger partial charge in [0.2, 0.25) is 0 Å². The van der Waals surface area contributed by atoms with Gasteiger partial charge in [-0.25, -0.2) is 0 Å². The minimum atomic E-state index is -4.76. The Morgan fingerprint density at radius 2 is 1.76 bits per heavy atom. The average Bonchev–Trinajstić information content (AvgIpc) is 2.22. The van der Waals surface area contributed by atoms with Crippen LogP contribution in [0, 0.1) is 0 Å². The molecule has 0 saturated carbocycles. The van der Waals surface area contributed by atoms with Crippen molar-refractivity contribution >= 4 is 5.91 Å². The molecule has 0 aromatic heterocycles. The number of amides is 1. The summed E-state index contributed by atoms with van der Waals surface area (Å²) in [6.45, 7) is 1.87. The number of ether oxygens (including phenoxy) is 1. The molecule has 2 heterocycles. The summed E-state index contributed by atoms with van der Waals surface area (Å²) in [5, 5.41) is 3.06. The molecule has 0 aromatic carbocycles. The second-order valence-corrected chi connectivity index (χ2v) is 4.41. The lowest BCUT2D eigenvalue weighted by Crippen LogP contribution is -2.52. The first-order chi connectivity index (χ1) is 7.97. The predicted octanol–water partition coefficient (Wildman–Crippen LogP) is 0.528. The number of nitrogens with zero attached hydrogens (tertiary/aromatic N) is 1. The first-order valence-electron chi connectivity index (χ1n) is 5.69. The summed E-state index contributed by atoms with van der Waals surface area (Å²) in [5.74, 6) is -1.73. The van der Waals surface area contributed by atoms with Crippen LogP contribution in [0.4, 0.5) is 13.2 Å². The SMILES string of the molecule is O=C(N1CCC(OC2CNC2)CC1)C(F)(F)F. The van der Waals surface area contributed by atoms with Crippen LogP contribution >= 0.6 is 0 Å². The largest absolute Gasteiger partial charge is 0.471 e. The van der Waals surface area contributed by atoms with Crippen LogP contribution in [-0.2, 0) is 9.53 Å². The summed E-state index contributed by atoms with van der Waals surface area (Å²) in [7, 11) is 0. The second-order valence-electron chi connectivity index (χ2n) is 4.41. The quantitative estimate of drug-likeness (QED) is 0.779. The van der Waals surface area contributed by atoms with Crippen LogP contribution in [0.1, 0.15) is 12.8 Å². The van der Waals surface area contributed by atoms with Crippen molar-refractivity contribution in [3.8, 4) is 0 Å². The maximum absolute atomic E-state index is 12.2. The minimum Gasteiger partial charge on any atom is -0.372 e. The fourth-order valence-electron chi connectivity index (χ4n) is 2.00. The van der Waals surface area contributed by atoms with Crippen molar-refractivity contribution in [2.45, 2.75) is 31.2 Å². The Bertz CT molecular complexity index is 284. The van der Waals surface area contributed by atoms with Crippen LogP contribution in [0.5, 0.6) is 0 Å². The molecular weight excluding hydrogens is 237 g/mol. The topological polar surface area (TPSA) is 41.6 Å². The summed E-state index contributed by atoms with van der Waals surface area (Å²) >= 11 is 0. The number of hydrogen-bond acceptors (Lipinski definition) is 3. The lowest BCUT2D eigenvalue weighted by atomic mass is 10.1. The van der Waals surface area contributed by atoms with Crippen LogP contribution in [0.3, 0.4) is 0 Å². The summed E-state index contributed by atoms with van der Waals surface area (Å²) in [6.07, 6.45) is -3.62. The van der Waals surface area contributed by atoms with Gasteiger partial charge in [-0.2, -0.15) is 13.2 Å². The Balaban J connectivity index is 1.75. The van der Waals surface area contributed by atoms with E-state index in [-0.39, 0.29) is 25.3 Å². The van der Waals surface area contributed by atoms with Gasteiger partial charge in [-0.05, 0) is 12.8 Å². The van der Waals surface area contributed by atoms with Crippen molar-refractivity contribution in [3.05, 3.63) is 0 Å². The van der Waals surface area contributed by atoms with Gasteiger partial charge < -0.3 is 15.0 Å². The summed E-state index contributed by atoms with van der Waals surface area (Å²) in [4.78, 5) is 11.8. The van der Waals surface area contributed by atoms with E-state index in [1.807, 2.05) is 0 Å². The van der Waals surface area contributed by atoms with Gasteiger partial charge in [0.05, 0.1) is 12.2 Å². The zero-order valence-corrected chi connectivity index (χ0v) is 9.29. The van der Waals surface area contributed by atoms with Crippen LogP contribution in [0.25, 0.3) is 0 Å². The van der Waals surface area contributed by atoms with Gasteiger partial charge >= 0.3 is 12.1 Å². The number of likely N-dealkylation sites (tertiary alicyclic amines) is 1. The summed E-state index contributed by atoms with van der Waals surface area (Å²) in [5.41, 5.74) is 0. The molecule has 0 bridgehead atoms. The maximum atomic E-state index is 12.2. The first-order valence-corrected chi connectivity index (χ1v) is 5.69. The number of halogens is 3. The number of carbonyl (C=O) groups excluding carboxylic acids is 1. The van der Waals surface area contributed by atoms with E-state index in [1.165, 1.54) is 0 Å². The molecule has 0 radical (unpaired) electrons. The molecule has 2 aliphatic heterocycles. The van der Waals surface area contributed by atoms with E-state index < -0.39 is 12.1 Å². The number of alkyl halides is 3. The number of hydrogen-bond donors (Lipinski definition) is 1. The molecule has 7 heteroatoms. The van der Waals surface area contributed by atoms with Crippen molar-refractivity contribution in [1.29, 1.82) is 0 Å². The Labute approximate surface area is 97.1 Å². The minimum absolute atomic E-state index is 0.0145. The van der Waals surface area contributed by atoms with Gasteiger partial charge in [0.1, 0.15) is 0 Å². The molecule has 4 nitrogen and oxygen atoms in total. The molecule has 2 aliphatic rings. The Hall–Kier alpha value is -0.820. The van der Waals surface area contributed by atoms with E-state index in [2.05, 4.69) is 5.32 Å². The van der Waals surface area contributed by atoms with Crippen LogP contribution < -0.4 is 5.32 Å². The lowest BCUT2D eigenvalue weighted by molar-refractivity contribution is -0.188. The Kier molecular flexibility index (Phi) is 3.58. The summed E-state index contributed by atoms with van der Waals surface area (Å²) in [6, 6.07) is 0. The molecule has 1 N–H and O–H groups in total. The molecule has 0 atom stereocenters. The maximum Gasteiger partial charge on any atom is 0.471 e. The van der Waals surface area contributed by atoms with Crippen molar-refractivity contribution in [2.75, 3.05) is 26.2 Å². The van der Waals surface area contributed by atoms with Crippen LogP contribution in [0.2, 0.25) is 0 Å². The van der Waals surface area contributed by atoms with Gasteiger partial charge in [0.25, 0.3) is 0 Å². The van der Waals surface area contributed by atoms with Gasteiger partial charge in [0.15, 0.2) is 0 Å². The third-order valence-corrected chi connectivity index (χ3v) is 3.10. The third-order valence-electron chi connectivity index (χ3n) is 3.10. The van der Waals surface area contributed by atoms with Crippen molar-refractivity contribution in [2.24, 2.45) is 0 Å². The monoisotopic (exact) mass is 252 g/mol. The van der Waals surface area contributed by atoms with E-state index in [0.717, 1.165) is 18.0 Å². The normalized spacial score (nSPS) is 23.6. The highest BCUT2D eigenvalue weighted by atomic mass is 19.4. The fraction of sp³-hybridized carbons (Fsp3) is 0.900. The summed E-state index contributed by atoms with van der Waals surface area (Å²) < 4.78 is 42.2. The molecule has 0 unspecified atom stereocenters. The van der Waals surface area contributed by atoms with Gasteiger partial charge in [0, 0.05) is 26.2 Å². The van der Waals surface area contributed by atoms with Crippen molar-refractivity contribution in [3.63, 3.8) is 0 Å². The van der Waals surface area contributed by atoms with E-state index in [0.29, 0.717) is 12.8 Å². The molecule has 17 heavy (non-hydrogen) atoms. The molecule has 0 aliphatic carbocycles. The molecule has 0 spiro atoms. The zero-order chi connectivity index (χ0) is 12.5. The molecule has 1 amide bonds. The average molecular weight is 252 g/mol. The predicted molar refractivity (Wildman–Crippen MR) is 53.4 cm³/mol. The number of rotatable bonds is 2. The molecule has 2 fully saturated rings. The number of carbonyl (C=O) groups is 1. The fourth-order valence-corrected chi connectivity index (χ4v) is 2.00. The van der Waals surface area contributed by atoms with Gasteiger partial charge in [-0.15, -0.1) is 0 Å². The van der Waals surface area contributed by atoms with E-state index >= 15 is 0 Å². The highest BCUT2D eigenvalue weighted by molar-refractivity contribution is 5.81. The highest BCUT2D eigenvalue weighted by Crippen LogP contribution is 2.23. The molecule has 2 saturated heterocycles. The van der Waals surface area contributed by atoms with Crippen LogP contribution in [0.15, 0.2) is 0 Å². The molecule has 2 rings (SSSR count). The van der Waals surface area contributed by atoms with E-state index in [1.54, 1.807) is 0 Å². The Morgan fingerprint density at radius 1 is 1.18 bits per heavy atom.